The Morgan fingerprint density at radius 1 is 1.67 bits per heavy atom. The SMILES string of the molecule is CC[C@@H]1C[C@H]1NC(=O)C(C)(C)O. The summed E-state index contributed by atoms with van der Waals surface area (Å²) in [5.74, 6) is 0.375. The van der Waals surface area contributed by atoms with Crippen LogP contribution in [0, 0.1) is 5.92 Å². The Bertz CT molecular complexity index is 183. The maximum atomic E-state index is 11.2. The van der Waals surface area contributed by atoms with Crippen LogP contribution in [0.25, 0.3) is 0 Å². The first-order valence-electron chi connectivity index (χ1n) is 4.48. The highest BCUT2D eigenvalue weighted by molar-refractivity contribution is 5.84. The van der Waals surface area contributed by atoms with Crippen molar-refractivity contribution in [1.82, 2.24) is 5.32 Å². The van der Waals surface area contributed by atoms with E-state index in [4.69, 9.17) is 0 Å². The van der Waals surface area contributed by atoms with Gasteiger partial charge in [0, 0.05) is 6.04 Å². The molecule has 1 saturated carbocycles. The summed E-state index contributed by atoms with van der Waals surface area (Å²) >= 11 is 0. The third-order valence-corrected chi connectivity index (χ3v) is 2.32. The van der Waals surface area contributed by atoms with E-state index >= 15 is 0 Å². The fourth-order valence-electron chi connectivity index (χ4n) is 1.22. The molecule has 1 aliphatic rings. The zero-order valence-corrected chi connectivity index (χ0v) is 7.92. The Balaban J connectivity index is 2.30. The highest BCUT2D eigenvalue weighted by atomic mass is 16.3. The van der Waals surface area contributed by atoms with Gasteiger partial charge in [-0.3, -0.25) is 4.79 Å². The van der Waals surface area contributed by atoms with E-state index in [2.05, 4.69) is 12.2 Å². The molecule has 0 aromatic heterocycles. The highest BCUT2D eigenvalue weighted by Crippen LogP contribution is 2.33. The number of rotatable bonds is 3. The average Bonchev–Trinajstić information content (AvgIpc) is 2.65. The zero-order chi connectivity index (χ0) is 9.35. The van der Waals surface area contributed by atoms with Crippen LogP contribution in [0.2, 0.25) is 0 Å². The molecule has 1 rings (SSSR count). The molecular weight excluding hydrogens is 154 g/mol. The minimum Gasteiger partial charge on any atom is -0.381 e. The van der Waals surface area contributed by atoms with Crippen molar-refractivity contribution < 1.29 is 9.90 Å². The van der Waals surface area contributed by atoms with Crippen molar-refractivity contribution in [2.24, 2.45) is 5.92 Å². The Morgan fingerprint density at radius 2 is 2.25 bits per heavy atom. The normalized spacial score (nSPS) is 28.3. The van der Waals surface area contributed by atoms with Gasteiger partial charge >= 0.3 is 0 Å². The van der Waals surface area contributed by atoms with Gasteiger partial charge in [0.05, 0.1) is 0 Å². The lowest BCUT2D eigenvalue weighted by atomic mass is 10.1. The van der Waals surface area contributed by atoms with Crippen molar-refractivity contribution in [2.45, 2.75) is 45.3 Å². The quantitative estimate of drug-likeness (QED) is 0.655. The zero-order valence-electron chi connectivity index (χ0n) is 7.92. The van der Waals surface area contributed by atoms with Gasteiger partial charge in [0.2, 0.25) is 0 Å². The van der Waals surface area contributed by atoms with Crippen LogP contribution in [0.15, 0.2) is 0 Å². The lowest BCUT2D eigenvalue weighted by Crippen LogP contribution is -2.43. The molecule has 3 nitrogen and oxygen atoms in total. The van der Waals surface area contributed by atoms with E-state index in [0.717, 1.165) is 12.8 Å². The van der Waals surface area contributed by atoms with Crippen molar-refractivity contribution >= 4 is 5.91 Å². The van der Waals surface area contributed by atoms with Crippen molar-refractivity contribution in [3.8, 4) is 0 Å². The van der Waals surface area contributed by atoms with E-state index < -0.39 is 5.60 Å². The molecule has 2 N–H and O–H groups in total. The molecule has 0 bridgehead atoms. The van der Waals surface area contributed by atoms with Gasteiger partial charge in [-0.05, 0) is 26.2 Å². The van der Waals surface area contributed by atoms with Gasteiger partial charge in [-0.25, -0.2) is 0 Å². The van der Waals surface area contributed by atoms with Crippen LogP contribution in [-0.4, -0.2) is 22.7 Å². The fourth-order valence-corrected chi connectivity index (χ4v) is 1.22. The molecule has 0 radical (unpaired) electrons. The van der Waals surface area contributed by atoms with E-state index in [1.54, 1.807) is 0 Å². The Morgan fingerprint density at radius 3 is 2.58 bits per heavy atom. The van der Waals surface area contributed by atoms with E-state index in [-0.39, 0.29) is 5.91 Å². The van der Waals surface area contributed by atoms with Crippen molar-refractivity contribution in [1.29, 1.82) is 0 Å². The molecular formula is C9H17NO2. The van der Waals surface area contributed by atoms with Crippen molar-refractivity contribution in [3.63, 3.8) is 0 Å². The lowest BCUT2D eigenvalue weighted by Gasteiger charge is -2.16. The number of carbonyl (C=O) groups is 1. The first-order valence-corrected chi connectivity index (χ1v) is 4.48. The third-order valence-electron chi connectivity index (χ3n) is 2.32. The van der Waals surface area contributed by atoms with Crippen LogP contribution >= 0.6 is 0 Å². The average molecular weight is 171 g/mol. The number of amides is 1. The molecule has 0 unspecified atom stereocenters. The summed E-state index contributed by atoms with van der Waals surface area (Å²) in [6, 6.07) is 0.314. The highest BCUT2D eigenvalue weighted by Gasteiger charge is 2.38. The summed E-state index contributed by atoms with van der Waals surface area (Å²) in [4.78, 5) is 11.2. The van der Waals surface area contributed by atoms with Gasteiger partial charge in [0.1, 0.15) is 5.60 Å². The van der Waals surface area contributed by atoms with Gasteiger partial charge in [-0.2, -0.15) is 0 Å². The molecule has 0 aromatic rings. The minimum atomic E-state index is -1.24. The second-order valence-electron chi connectivity index (χ2n) is 4.04. The van der Waals surface area contributed by atoms with E-state index in [1.807, 2.05) is 0 Å². The predicted octanol–water partition coefficient (Wildman–Crippen LogP) is 0.672. The van der Waals surface area contributed by atoms with Crippen molar-refractivity contribution in [2.75, 3.05) is 0 Å². The number of nitrogens with one attached hydrogen (secondary N) is 1. The summed E-state index contributed by atoms with van der Waals surface area (Å²) in [5.41, 5.74) is -1.24. The van der Waals surface area contributed by atoms with Gasteiger partial charge in [0.25, 0.3) is 5.91 Å². The fraction of sp³-hybridized carbons (Fsp3) is 0.889. The van der Waals surface area contributed by atoms with Crippen LogP contribution in [0.4, 0.5) is 0 Å². The van der Waals surface area contributed by atoms with E-state index in [9.17, 15) is 9.90 Å². The smallest absolute Gasteiger partial charge is 0.251 e. The molecule has 0 aliphatic heterocycles. The maximum absolute atomic E-state index is 11.2. The molecule has 0 aromatic carbocycles. The largest absolute Gasteiger partial charge is 0.381 e. The molecule has 0 saturated heterocycles. The molecule has 3 heteroatoms. The third kappa shape index (κ3) is 2.21. The summed E-state index contributed by atoms with van der Waals surface area (Å²) < 4.78 is 0. The Labute approximate surface area is 73.2 Å². The van der Waals surface area contributed by atoms with Crippen LogP contribution in [-0.2, 0) is 4.79 Å². The number of aliphatic hydroxyl groups is 1. The number of hydrogen-bond acceptors (Lipinski definition) is 2. The maximum Gasteiger partial charge on any atom is 0.251 e. The van der Waals surface area contributed by atoms with Gasteiger partial charge < -0.3 is 10.4 Å². The molecule has 70 valence electrons. The summed E-state index contributed by atoms with van der Waals surface area (Å²) in [7, 11) is 0. The summed E-state index contributed by atoms with van der Waals surface area (Å²) in [6.45, 7) is 5.12. The van der Waals surface area contributed by atoms with Crippen LogP contribution in [0.3, 0.4) is 0 Å². The van der Waals surface area contributed by atoms with Crippen molar-refractivity contribution in [3.05, 3.63) is 0 Å². The molecule has 2 atom stereocenters. The lowest BCUT2D eigenvalue weighted by molar-refractivity contribution is -0.136. The number of hydrogen-bond donors (Lipinski definition) is 2. The summed E-state index contributed by atoms with van der Waals surface area (Å²) in [5, 5.41) is 12.1. The second-order valence-corrected chi connectivity index (χ2v) is 4.04. The minimum absolute atomic E-state index is 0.261. The number of carbonyl (C=O) groups excluding carboxylic acids is 1. The molecule has 0 spiro atoms. The Kier molecular flexibility index (Phi) is 2.42. The van der Waals surface area contributed by atoms with E-state index in [0.29, 0.717) is 12.0 Å². The van der Waals surface area contributed by atoms with Gasteiger partial charge in [0.15, 0.2) is 0 Å². The second kappa shape index (κ2) is 3.05. The molecule has 1 aliphatic carbocycles. The molecule has 1 fully saturated rings. The van der Waals surface area contributed by atoms with E-state index in [1.165, 1.54) is 13.8 Å². The summed E-state index contributed by atoms with van der Waals surface area (Å²) in [6.07, 6.45) is 2.18. The first kappa shape index (κ1) is 9.52. The van der Waals surface area contributed by atoms with Crippen LogP contribution in [0.1, 0.15) is 33.6 Å². The Hall–Kier alpha value is -0.570. The van der Waals surface area contributed by atoms with Crippen LogP contribution in [0.5, 0.6) is 0 Å². The molecule has 1 amide bonds. The van der Waals surface area contributed by atoms with Gasteiger partial charge in [-0.15, -0.1) is 0 Å². The topological polar surface area (TPSA) is 49.3 Å². The first-order chi connectivity index (χ1) is 5.45. The van der Waals surface area contributed by atoms with Crippen LogP contribution < -0.4 is 5.32 Å². The molecule has 12 heavy (non-hydrogen) atoms. The molecule has 0 heterocycles. The standard InChI is InChI=1S/C9H17NO2/c1-4-6-5-7(6)10-8(11)9(2,3)12/h6-7,12H,4-5H2,1-3H3,(H,10,11)/t6-,7-/m1/s1. The monoisotopic (exact) mass is 171 g/mol. The predicted molar refractivity (Wildman–Crippen MR) is 46.6 cm³/mol. The van der Waals surface area contributed by atoms with Gasteiger partial charge in [-0.1, -0.05) is 13.3 Å².